The van der Waals surface area contributed by atoms with Crippen LogP contribution in [0.15, 0.2) is 30.3 Å². The van der Waals surface area contributed by atoms with Gasteiger partial charge in [-0.3, -0.25) is 9.69 Å². The third kappa shape index (κ3) is 4.03. The summed E-state index contributed by atoms with van der Waals surface area (Å²) in [6, 6.07) is 9.47. The van der Waals surface area contributed by atoms with Crippen LogP contribution >= 0.6 is 0 Å². The van der Waals surface area contributed by atoms with E-state index in [2.05, 4.69) is 37.6 Å². The zero-order valence-electron chi connectivity index (χ0n) is 23.8. The fourth-order valence-corrected chi connectivity index (χ4v) is 7.66. The van der Waals surface area contributed by atoms with Crippen molar-refractivity contribution in [2.45, 2.75) is 52.2 Å². The summed E-state index contributed by atoms with van der Waals surface area (Å²) >= 11 is 0. The predicted molar refractivity (Wildman–Crippen MR) is 148 cm³/mol. The molecule has 6 rings (SSSR count). The maximum atomic E-state index is 14.0. The average Bonchev–Trinajstić information content (AvgIpc) is 3.44. The third-order valence-corrected chi connectivity index (χ3v) is 10.3. The van der Waals surface area contributed by atoms with E-state index in [1.165, 1.54) is 6.42 Å². The van der Waals surface area contributed by atoms with E-state index >= 15 is 0 Å². The largest absolute Gasteiger partial charge is 0.495 e. The Kier molecular flexibility index (Phi) is 6.27. The molecule has 6 nitrogen and oxygen atoms in total. The van der Waals surface area contributed by atoms with Gasteiger partial charge in [0.1, 0.15) is 28.4 Å². The van der Waals surface area contributed by atoms with Gasteiger partial charge in [-0.1, -0.05) is 44.2 Å². The van der Waals surface area contributed by atoms with Gasteiger partial charge in [0.25, 0.3) is 0 Å². The number of ether oxygens (including phenoxy) is 3. The van der Waals surface area contributed by atoms with Gasteiger partial charge in [-0.25, -0.2) is 0 Å². The fourth-order valence-electron chi connectivity index (χ4n) is 7.66. The van der Waals surface area contributed by atoms with Crippen LogP contribution in [0.2, 0.25) is 0 Å². The quantitative estimate of drug-likeness (QED) is 0.499. The molecular formula is C32H42N2O4. The Balaban J connectivity index is 1.50. The summed E-state index contributed by atoms with van der Waals surface area (Å²) in [5.41, 5.74) is 3.35. The van der Waals surface area contributed by atoms with Gasteiger partial charge in [-0.15, -0.1) is 0 Å². The number of likely N-dealkylation sites (N-methyl/N-ethyl adjacent to an activating group) is 1. The van der Waals surface area contributed by atoms with E-state index in [0.717, 1.165) is 61.8 Å². The van der Waals surface area contributed by atoms with E-state index in [-0.39, 0.29) is 11.4 Å². The molecule has 2 aromatic rings. The molecule has 2 saturated carbocycles. The smallest absolute Gasteiger partial charge is 0.200 e. The van der Waals surface area contributed by atoms with Crippen molar-refractivity contribution in [2.24, 2.45) is 23.2 Å². The fraction of sp³-hybridized carbons (Fsp3) is 0.594. The van der Waals surface area contributed by atoms with Gasteiger partial charge in [0.2, 0.25) is 5.78 Å². The lowest BCUT2D eigenvalue weighted by Gasteiger charge is -2.47. The highest BCUT2D eigenvalue weighted by molar-refractivity contribution is 6.13. The predicted octanol–water partition coefficient (Wildman–Crippen LogP) is 5.06. The zero-order valence-corrected chi connectivity index (χ0v) is 23.8. The molecule has 0 aromatic heterocycles. The average molecular weight is 519 g/mol. The van der Waals surface area contributed by atoms with Crippen molar-refractivity contribution >= 4 is 5.78 Å². The number of carbonyl (C=O) groups excluding carboxylic acids is 1. The van der Waals surface area contributed by atoms with E-state index in [0.29, 0.717) is 46.4 Å². The standard InChI is InChI=1S/C32H42N2O4/c1-31(2)24-17-21-16-22-28(38-32(21,3)18-25(24)31)23(19-34-14-12-33(4)13-15-34)30(37-6)26(29(22)36-5)27(35)20-10-8-7-9-11-20/h7-11,21,24-25H,12-19H2,1-6H3/t21?,24-,25+,32?/m1/s1. The van der Waals surface area contributed by atoms with Crippen molar-refractivity contribution in [3.8, 4) is 17.2 Å². The highest BCUT2D eigenvalue weighted by Crippen LogP contribution is 2.69. The Morgan fingerprint density at radius 3 is 2.34 bits per heavy atom. The van der Waals surface area contributed by atoms with Crippen molar-refractivity contribution in [3.05, 3.63) is 52.6 Å². The topological polar surface area (TPSA) is 51.2 Å². The number of methoxy groups -OCH3 is 2. The lowest BCUT2D eigenvalue weighted by atomic mass is 9.71. The molecule has 2 aromatic carbocycles. The first-order valence-corrected chi connectivity index (χ1v) is 14.2. The van der Waals surface area contributed by atoms with Crippen LogP contribution in [-0.4, -0.2) is 68.6 Å². The SMILES string of the molecule is COc1c2c(c(CN3CCN(C)CC3)c(OC)c1C(=O)c1ccccc1)OC1(C)C[C@H]3[C@@H](CC1C2)C3(C)C. The van der Waals surface area contributed by atoms with Crippen molar-refractivity contribution in [2.75, 3.05) is 47.4 Å². The molecule has 2 heterocycles. The molecule has 4 aliphatic rings. The second kappa shape index (κ2) is 9.27. The second-order valence-corrected chi connectivity index (χ2v) is 12.8. The number of benzene rings is 2. The summed E-state index contributed by atoms with van der Waals surface area (Å²) in [5, 5.41) is 0. The first-order chi connectivity index (χ1) is 18.2. The van der Waals surface area contributed by atoms with Crippen LogP contribution in [0.5, 0.6) is 17.2 Å². The van der Waals surface area contributed by atoms with E-state index < -0.39 is 0 Å². The van der Waals surface area contributed by atoms with E-state index in [9.17, 15) is 4.79 Å². The van der Waals surface area contributed by atoms with Crippen LogP contribution in [-0.2, 0) is 13.0 Å². The zero-order chi connectivity index (χ0) is 26.8. The molecule has 0 bridgehead atoms. The van der Waals surface area contributed by atoms with E-state index in [1.54, 1.807) is 14.2 Å². The van der Waals surface area contributed by atoms with Gasteiger partial charge in [0, 0.05) is 49.8 Å². The molecule has 1 saturated heterocycles. The minimum atomic E-state index is -0.222. The summed E-state index contributed by atoms with van der Waals surface area (Å²) in [5.74, 6) is 3.90. The molecule has 3 fully saturated rings. The Hall–Kier alpha value is -2.57. The number of nitrogens with zero attached hydrogens (tertiary/aromatic N) is 2. The van der Waals surface area contributed by atoms with E-state index in [1.807, 2.05) is 30.3 Å². The number of piperazine rings is 1. The first-order valence-electron chi connectivity index (χ1n) is 14.2. The summed E-state index contributed by atoms with van der Waals surface area (Å²) in [4.78, 5) is 18.9. The molecule has 6 heteroatoms. The molecule has 0 N–H and O–H groups in total. The van der Waals surface area contributed by atoms with Crippen LogP contribution < -0.4 is 14.2 Å². The molecule has 2 unspecified atom stereocenters. The molecule has 0 amide bonds. The second-order valence-electron chi connectivity index (χ2n) is 12.8. The van der Waals surface area contributed by atoms with Crippen molar-refractivity contribution in [3.63, 3.8) is 0 Å². The summed E-state index contributed by atoms with van der Waals surface area (Å²) in [6.07, 6.45) is 3.11. The molecule has 38 heavy (non-hydrogen) atoms. The molecule has 2 aliphatic heterocycles. The van der Waals surface area contributed by atoms with Crippen molar-refractivity contribution in [1.29, 1.82) is 0 Å². The van der Waals surface area contributed by atoms with Crippen molar-refractivity contribution in [1.82, 2.24) is 9.80 Å². The molecule has 0 radical (unpaired) electrons. The lowest BCUT2D eigenvalue weighted by Crippen LogP contribution is -2.48. The summed E-state index contributed by atoms with van der Waals surface area (Å²) < 4.78 is 19.3. The number of hydrogen-bond acceptors (Lipinski definition) is 6. The number of carbonyl (C=O) groups is 1. The van der Waals surface area contributed by atoms with Crippen LogP contribution in [0.25, 0.3) is 0 Å². The Morgan fingerprint density at radius 2 is 1.68 bits per heavy atom. The maximum absolute atomic E-state index is 14.0. The number of hydrogen-bond donors (Lipinski definition) is 0. The van der Waals surface area contributed by atoms with Gasteiger partial charge in [0.15, 0.2) is 0 Å². The minimum absolute atomic E-state index is 0.0675. The molecular weight excluding hydrogens is 476 g/mol. The monoisotopic (exact) mass is 518 g/mol. The number of ketones is 1. The van der Waals surface area contributed by atoms with Gasteiger partial charge in [-0.05, 0) is 50.5 Å². The molecule has 204 valence electrons. The maximum Gasteiger partial charge on any atom is 0.200 e. The Bertz CT molecular complexity index is 1230. The highest BCUT2D eigenvalue weighted by atomic mass is 16.5. The molecule has 2 aliphatic carbocycles. The van der Waals surface area contributed by atoms with Crippen LogP contribution in [0.3, 0.4) is 0 Å². The summed E-state index contributed by atoms with van der Waals surface area (Å²) in [6.45, 7) is 11.8. The Labute approximate surface area is 227 Å². The summed E-state index contributed by atoms with van der Waals surface area (Å²) in [7, 11) is 5.51. The number of fused-ring (bicyclic) bond motifs is 3. The highest BCUT2D eigenvalue weighted by Gasteiger charge is 2.65. The minimum Gasteiger partial charge on any atom is -0.495 e. The molecule has 0 spiro atoms. The van der Waals surface area contributed by atoms with E-state index in [4.69, 9.17) is 14.2 Å². The third-order valence-electron chi connectivity index (χ3n) is 10.3. The van der Waals surface area contributed by atoms with Crippen LogP contribution in [0, 0.1) is 23.2 Å². The van der Waals surface area contributed by atoms with Crippen molar-refractivity contribution < 1.29 is 19.0 Å². The van der Waals surface area contributed by atoms with Gasteiger partial charge >= 0.3 is 0 Å². The van der Waals surface area contributed by atoms with Crippen LogP contribution in [0.1, 0.15) is 60.7 Å². The first kappa shape index (κ1) is 25.7. The normalized spacial score (nSPS) is 29.9. The van der Waals surface area contributed by atoms with Gasteiger partial charge in [0.05, 0.1) is 19.8 Å². The van der Waals surface area contributed by atoms with Crippen LogP contribution in [0.4, 0.5) is 0 Å². The number of rotatable bonds is 6. The Morgan fingerprint density at radius 1 is 1.00 bits per heavy atom. The lowest BCUT2D eigenvalue weighted by molar-refractivity contribution is -0.0276. The van der Waals surface area contributed by atoms with Gasteiger partial charge in [-0.2, -0.15) is 0 Å². The molecule has 4 atom stereocenters. The van der Waals surface area contributed by atoms with Gasteiger partial charge < -0.3 is 19.1 Å².